The number of hydrogen-bond donors (Lipinski definition) is 0. The molecule has 0 atom stereocenters. The molecule has 1 aromatic rings. The molecule has 0 aromatic heterocycles. The van der Waals surface area contributed by atoms with Gasteiger partial charge in [-0.2, -0.15) is 0 Å². The van der Waals surface area contributed by atoms with Gasteiger partial charge in [0.25, 0.3) is 0 Å². The standard InChI is InChI=1S/C21H30O/c1-3-5-6-16-22-17-19-10-14-21(15-11-19)20-12-8-18(7-4-2)9-13-20/h4-7,10-11,14-15,18,20H,3,8-9,12-13,16-17H2,1-2H3/b6-5+,7-4-. The van der Waals surface area contributed by atoms with Gasteiger partial charge in [-0.15, -0.1) is 0 Å². The van der Waals surface area contributed by atoms with Crippen LogP contribution in [0.4, 0.5) is 0 Å². The monoisotopic (exact) mass is 298 g/mol. The highest BCUT2D eigenvalue weighted by Gasteiger charge is 2.20. The van der Waals surface area contributed by atoms with E-state index in [0.29, 0.717) is 13.2 Å². The van der Waals surface area contributed by atoms with Gasteiger partial charge in [-0.3, -0.25) is 0 Å². The zero-order chi connectivity index (χ0) is 15.6. The number of ether oxygens (including phenoxy) is 1. The third kappa shape index (κ3) is 5.46. The summed E-state index contributed by atoms with van der Waals surface area (Å²) in [5.41, 5.74) is 2.78. The van der Waals surface area contributed by atoms with Crippen molar-refractivity contribution in [1.82, 2.24) is 0 Å². The van der Waals surface area contributed by atoms with Crippen molar-refractivity contribution >= 4 is 0 Å². The third-order valence-corrected chi connectivity index (χ3v) is 4.57. The lowest BCUT2D eigenvalue weighted by Crippen LogP contribution is -2.11. The molecule has 1 aliphatic carbocycles. The van der Waals surface area contributed by atoms with E-state index in [1.165, 1.54) is 36.8 Å². The van der Waals surface area contributed by atoms with Gasteiger partial charge in [0.2, 0.25) is 0 Å². The van der Waals surface area contributed by atoms with Crippen LogP contribution < -0.4 is 0 Å². The van der Waals surface area contributed by atoms with E-state index in [9.17, 15) is 0 Å². The maximum absolute atomic E-state index is 5.65. The van der Waals surface area contributed by atoms with Crippen LogP contribution in [0, 0.1) is 5.92 Å². The van der Waals surface area contributed by atoms with Gasteiger partial charge in [-0.25, -0.2) is 0 Å². The number of allylic oxidation sites excluding steroid dienone is 3. The van der Waals surface area contributed by atoms with E-state index in [2.05, 4.69) is 62.4 Å². The van der Waals surface area contributed by atoms with Crippen LogP contribution in [0.2, 0.25) is 0 Å². The predicted molar refractivity (Wildman–Crippen MR) is 95.0 cm³/mol. The Hall–Kier alpha value is -1.34. The zero-order valence-corrected chi connectivity index (χ0v) is 14.1. The van der Waals surface area contributed by atoms with Crippen molar-refractivity contribution in [3.8, 4) is 0 Å². The minimum Gasteiger partial charge on any atom is -0.373 e. The third-order valence-electron chi connectivity index (χ3n) is 4.57. The smallest absolute Gasteiger partial charge is 0.0721 e. The molecule has 0 saturated heterocycles. The summed E-state index contributed by atoms with van der Waals surface area (Å²) in [4.78, 5) is 0. The molecular formula is C21H30O. The van der Waals surface area contributed by atoms with Crippen LogP contribution in [0.15, 0.2) is 48.6 Å². The van der Waals surface area contributed by atoms with Gasteiger partial charge in [0, 0.05) is 0 Å². The Morgan fingerprint density at radius 1 is 1.05 bits per heavy atom. The molecule has 2 rings (SSSR count). The summed E-state index contributed by atoms with van der Waals surface area (Å²) >= 11 is 0. The van der Waals surface area contributed by atoms with E-state index < -0.39 is 0 Å². The van der Waals surface area contributed by atoms with Gasteiger partial charge in [0.15, 0.2) is 0 Å². The highest BCUT2D eigenvalue weighted by molar-refractivity contribution is 5.25. The van der Waals surface area contributed by atoms with Crippen molar-refractivity contribution in [2.24, 2.45) is 5.92 Å². The van der Waals surface area contributed by atoms with Gasteiger partial charge < -0.3 is 4.74 Å². The quantitative estimate of drug-likeness (QED) is 0.442. The predicted octanol–water partition coefficient (Wildman–Crippen LogP) is 6.02. The molecule has 0 spiro atoms. The second-order valence-corrected chi connectivity index (χ2v) is 6.27. The minimum absolute atomic E-state index is 0.711. The molecule has 0 bridgehead atoms. The first-order valence-corrected chi connectivity index (χ1v) is 8.77. The molecule has 0 heterocycles. The molecule has 1 saturated carbocycles. The van der Waals surface area contributed by atoms with Crippen molar-refractivity contribution in [1.29, 1.82) is 0 Å². The lowest BCUT2D eigenvalue weighted by Gasteiger charge is -2.27. The first-order valence-electron chi connectivity index (χ1n) is 8.77. The van der Waals surface area contributed by atoms with E-state index >= 15 is 0 Å². The number of hydrogen-bond acceptors (Lipinski definition) is 1. The fourth-order valence-corrected chi connectivity index (χ4v) is 3.28. The highest BCUT2D eigenvalue weighted by atomic mass is 16.5. The van der Waals surface area contributed by atoms with Crippen molar-refractivity contribution in [3.05, 3.63) is 59.7 Å². The lowest BCUT2D eigenvalue weighted by atomic mass is 9.78. The van der Waals surface area contributed by atoms with Crippen LogP contribution in [0.25, 0.3) is 0 Å². The molecule has 0 N–H and O–H groups in total. The Kier molecular flexibility index (Phi) is 7.45. The molecular weight excluding hydrogens is 268 g/mol. The second kappa shape index (κ2) is 9.63. The van der Waals surface area contributed by atoms with E-state index in [1.807, 2.05) is 0 Å². The van der Waals surface area contributed by atoms with Gasteiger partial charge >= 0.3 is 0 Å². The molecule has 1 heteroatoms. The summed E-state index contributed by atoms with van der Waals surface area (Å²) in [6, 6.07) is 9.08. The van der Waals surface area contributed by atoms with Crippen molar-refractivity contribution < 1.29 is 4.74 Å². The fourth-order valence-electron chi connectivity index (χ4n) is 3.28. The van der Waals surface area contributed by atoms with Crippen LogP contribution >= 0.6 is 0 Å². The van der Waals surface area contributed by atoms with Crippen LogP contribution in [0.5, 0.6) is 0 Å². The summed E-state index contributed by atoms with van der Waals surface area (Å²) in [5.74, 6) is 1.56. The Labute approximate surface area is 136 Å². The maximum Gasteiger partial charge on any atom is 0.0721 e. The first kappa shape index (κ1) is 17.0. The molecule has 1 fully saturated rings. The molecule has 120 valence electrons. The molecule has 1 aromatic carbocycles. The van der Waals surface area contributed by atoms with Gasteiger partial charge in [-0.1, -0.05) is 55.5 Å². The molecule has 0 amide bonds. The second-order valence-electron chi connectivity index (χ2n) is 6.27. The van der Waals surface area contributed by atoms with E-state index in [1.54, 1.807) is 0 Å². The van der Waals surface area contributed by atoms with E-state index in [4.69, 9.17) is 4.74 Å². The topological polar surface area (TPSA) is 9.23 Å². The Morgan fingerprint density at radius 3 is 2.41 bits per heavy atom. The molecule has 0 radical (unpaired) electrons. The summed E-state index contributed by atoms with van der Waals surface area (Å²) in [7, 11) is 0. The maximum atomic E-state index is 5.65. The van der Waals surface area contributed by atoms with Crippen molar-refractivity contribution in [2.45, 2.75) is 58.5 Å². The molecule has 1 nitrogen and oxygen atoms in total. The Balaban J connectivity index is 1.78. The minimum atomic E-state index is 0.711. The normalized spacial score (nSPS) is 22.6. The number of rotatable bonds is 7. The van der Waals surface area contributed by atoms with Crippen LogP contribution in [-0.2, 0) is 11.3 Å². The average Bonchev–Trinajstić information content (AvgIpc) is 2.56. The highest BCUT2D eigenvalue weighted by Crippen LogP contribution is 2.36. The summed E-state index contributed by atoms with van der Waals surface area (Å²) < 4.78 is 5.65. The fraction of sp³-hybridized carbons (Fsp3) is 0.524. The largest absolute Gasteiger partial charge is 0.373 e. The van der Waals surface area contributed by atoms with E-state index in [-0.39, 0.29) is 0 Å². The SMILES string of the molecule is C/C=C\C1CCC(c2ccc(COC/C=C/CC)cc2)CC1. The summed E-state index contributed by atoms with van der Waals surface area (Å²) in [5, 5.41) is 0. The Morgan fingerprint density at radius 2 is 1.77 bits per heavy atom. The Bertz CT molecular complexity index is 461. The van der Waals surface area contributed by atoms with Crippen molar-refractivity contribution in [2.75, 3.05) is 6.61 Å². The van der Waals surface area contributed by atoms with Crippen LogP contribution in [0.3, 0.4) is 0 Å². The van der Waals surface area contributed by atoms with Crippen LogP contribution in [0.1, 0.15) is 63.0 Å². The molecule has 0 aliphatic heterocycles. The van der Waals surface area contributed by atoms with Crippen LogP contribution in [-0.4, -0.2) is 6.61 Å². The van der Waals surface area contributed by atoms with Gasteiger partial charge in [-0.05, 0) is 62.0 Å². The van der Waals surface area contributed by atoms with E-state index in [0.717, 1.165) is 18.3 Å². The summed E-state index contributed by atoms with van der Waals surface area (Å²) in [6.07, 6.45) is 15.2. The van der Waals surface area contributed by atoms with Gasteiger partial charge in [0.1, 0.15) is 0 Å². The summed E-state index contributed by atoms with van der Waals surface area (Å²) in [6.45, 7) is 5.69. The lowest BCUT2D eigenvalue weighted by molar-refractivity contribution is 0.148. The van der Waals surface area contributed by atoms with Crippen molar-refractivity contribution in [3.63, 3.8) is 0 Å². The molecule has 0 unspecified atom stereocenters. The molecule has 1 aliphatic rings. The average molecular weight is 298 g/mol. The van der Waals surface area contributed by atoms with Gasteiger partial charge in [0.05, 0.1) is 13.2 Å². The molecule has 22 heavy (non-hydrogen) atoms. The first-order chi connectivity index (χ1) is 10.8. The number of benzene rings is 1. The zero-order valence-electron chi connectivity index (χ0n) is 14.1.